The second kappa shape index (κ2) is 8.99. The Kier molecular flexibility index (Phi) is 4.96. The van der Waals surface area contributed by atoms with E-state index in [4.69, 9.17) is 0 Å². The van der Waals surface area contributed by atoms with Crippen LogP contribution in [0, 0.1) is 11.3 Å². The molecule has 1 spiro atoms. The van der Waals surface area contributed by atoms with Crippen LogP contribution in [0.5, 0.6) is 0 Å². The van der Waals surface area contributed by atoms with E-state index in [9.17, 15) is 5.26 Å². The van der Waals surface area contributed by atoms with Crippen molar-refractivity contribution < 1.29 is 0 Å². The van der Waals surface area contributed by atoms with Crippen molar-refractivity contribution in [3.63, 3.8) is 0 Å². The van der Waals surface area contributed by atoms with Crippen molar-refractivity contribution in [2.75, 3.05) is 0 Å². The Hall–Kier alpha value is -5.56. The van der Waals surface area contributed by atoms with Crippen molar-refractivity contribution in [1.82, 2.24) is 4.57 Å². The number of rotatable bonds is 1. The van der Waals surface area contributed by atoms with Gasteiger partial charge in [-0.2, -0.15) is 5.26 Å². The molecule has 3 heteroatoms. The van der Waals surface area contributed by atoms with Crippen molar-refractivity contribution in [3.05, 3.63) is 173 Å². The first-order valence-electron chi connectivity index (χ1n) is 15.3. The van der Waals surface area contributed by atoms with E-state index in [1.165, 1.54) is 75.7 Å². The Bertz CT molecular complexity index is 2540. The highest BCUT2D eigenvalue weighted by Crippen LogP contribution is 2.63. The summed E-state index contributed by atoms with van der Waals surface area (Å²) in [6, 6.07) is 55.2. The van der Waals surface area contributed by atoms with Gasteiger partial charge in [0.1, 0.15) is 0 Å². The molecule has 0 bridgehead atoms. The first-order valence-corrected chi connectivity index (χ1v) is 16.1. The molecular formula is C42H24N2S. The fraction of sp³-hybridized carbons (Fsp3) is 0.0238. The van der Waals surface area contributed by atoms with Gasteiger partial charge in [0.15, 0.2) is 0 Å². The molecule has 0 amide bonds. The van der Waals surface area contributed by atoms with Crippen LogP contribution < -0.4 is 0 Å². The molecule has 208 valence electrons. The minimum atomic E-state index is -0.438. The minimum absolute atomic E-state index is 0.438. The lowest BCUT2D eigenvalue weighted by atomic mass is 9.67. The van der Waals surface area contributed by atoms with Gasteiger partial charge in [-0.15, -0.1) is 0 Å². The molecule has 45 heavy (non-hydrogen) atoms. The molecule has 10 rings (SSSR count). The topological polar surface area (TPSA) is 28.7 Å². The summed E-state index contributed by atoms with van der Waals surface area (Å²) in [7, 11) is 0. The third-order valence-electron chi connectivity index (χ3n) is 9.89. The molecule has 0 N–H and O–H groups in total. The van der Waals surface area contributed by atoms with Crippen molar-refractivity contribution in [2.24, 2.45) is 0 Å². The highest BCUT2D eigenvalue weighted by molar-refractivity contribution is 7.99. The zero-order chi connectivity index (χ0) is 29.7. The average Bonchev–Trinajstić information content (AvgIpc) is 3.60. The summed E-state index contributed by atoms with van der Waals surface area (Å²) in [4.78, 5) is 2.56. The molecule has 0 fully saturated rings. The Balaban J connectivity index is 1.43. The second-order valence-electron chi connectivity index (χ2n) is 12.0. The second-order valence-corrected chi connectivity index (χ2v) is 13.0. The summed E-state index contributed by atoms with van der Waals surface area (Å²) in [5.74, 6) is 0. The monoisotopic (exact) mass is 588 g/mol. The molecule has 2 heterocycles. The van der Waals surface area contributed by atoms with Crippen LogP contribution in [0.25, 0.3) is 49.4 Å². The number of fused-ring (bicyclic) bond motifs is 15. The van der Waals surface area contributed by atoms with Gasteiger partial charge in [-0.1, -0.05) is 121 Å². The van der Waals surface area contributed by atoms with Crippen LogP contribution in [-0.2, 0) is 5.41 Å². The maximum atomic E-state index is 9.59. The van der Waals surface area contributed by atoms with E-state index in [1.54, 1.807) is 0 Å². The third kappa shape index (κ3) is 3.09. The smallest absolute Gasteiger partial charge is 0.0991 e. The van der Waals surface area contributed by atoms with Gasteiger partial charge in [0.25, 0.3) is 0 Å². The van der Waals surface area contributed by atoms with Gasteiger partial charge >= 0.3 is 0 Å². The lowest BCUT2D eigenvalue weighted by Crippen LogP contribution is -2.32. The summed E-state index contributed by atoms with van der Waals surface area (Å²) in [5, 5.41) is 14.6. The van der Waals surface area contributed by atoms with Crippen LogP contribution in [0.15, 0.2) is 155 Å². The molecule has 0 atom stereocenters. The van der Waals surface area contributed by atoms with E-state index >= 15 is 0 Å². The Morgan fingerprint density at radius 1 is 0.556 bits per heavy atom. The van der Waals surface area contributed by atoms with Crippen LogP contribution in [-0.4, -0.2) is 4.57 Å². The van der Waals surface area contributed by atoms with Crippen molar-refractivity contribution >= 4 is 44.3 Å². The zero-order valence-corrected chi connectivity index (χ0v) is 25.0. The third-order valence-corrected chi connectivity index (χ3v) is 11.1. The lowest BCUT2D eigenvalue weighted by molar-refractivity contribution is 0.724. The Morgan fingerprint density at radius 3 is 1.98 bits per heavy atom. The van der Waals surface area contributed by atoms with Crippen LogP contribution in [0.3, 0.4) is 0 Å². The van der Waals surface area contributed by atoms with Gasteiger partial charge in [0.05, 0.1) is 28.1 Å². The minimum Gasteiger partial charge on any atom is -0.308 e. The maximum absolute atomic E-state index is 9.59. The first-order chi connectivity index (χ1) is 22.3. The van der Waals surface area contributed by atoms with Gasteiger partial charge in [-0.3, -0.25) is 0 Å². The lowest BCUT2D eigenvalue weighted by Gasteiger charge is -2.40. The largest absolute Gasteiger partial charge is 0.308 e. The molecule has 1 aliphatic heterocycles. The summed E-state index contributed by atoms with van der Waals surface area (Å²) < 4.78 is 2.43. The van der Waals surface area contributed by atoms with Gasteiger partial charge in [0.2, 0.25) is 0 Å². The Labute approximate surface area is 264 Å². The number of benzene rings is 7. The summed E-state index contributed by atoms with van der Waals surface area (Å²) in [5.41, 5.74) is 11.6. The number of hydrogen-bond donors (Lipinski definition) is 0. The molecule has 7 aromatic carbocycles. The molecule has 2 nitrogen and oxygen atoms in total. The standard InChI is InChI=1S/C42H24N2S/c43-25-26-17-20-28(21-18-26)44-37-24-19-27-9-1-2-10-29(27)39(37)32-22-23-36-41(40(32)44)45-38-16-8-7-15-35(38)42(36)33-13-5-3-11-30(33)31-12-4-6-14-34(31)42/h1-24H. The van der Waals surface area contributed by atoms with E-state index < -0.39 is 5.41 Å². The number of nitrogens with zero attached hydrogens (tertiary/aromatic N) is 2. The van der Waals surface area contributed by atoms with Crippen LogP contribution in [0.2, 0.25) is 0 Å². The number of aromatic nitrogens is 1. The fourth-order valence-electron chi connectivity index (χ4n) is 8.13. The van der Waals surface area contributed by atoms with Gasteiger partial charge in [0, 0.05) is 26.3 Å². The van der Waals surface area contributed by atoms with E-state index in [2.05, 4.69) is 144 Å². The van der Waals surface area contributed by atoms with Crippen molar-refractivity contribution in [1.29, 1.82) is 5.26 Å². The molecule has 0 radical (unpaired) electrons. The normalized spacial score (nSPS) is 13.8. The Morgan fingerprint density at radius 2 is 1.22 bits per heavy atom. The van der Waals surface area contributed by atoms with E-state index in [1.807, 2.05) is 23.9 Å². The predicted molar refractivity (Wildman–Crippen MR) is 184 cm³/mol. The predicted octanol–water partition coefficient (Wildman–Crippen LogP) is 10.6. The average molecular weight is 589 g/mol. The molecule has 0 unspecified atom stereocenters. The SMILES string of the molecule is N#Cc1ccc(-n2c3ccc4ccccc4c3c3ccc4c(c32)Sc2ccccc2C42c3ccccc3-c3ccccc32)cc1. The molecule has 8 aromatic rings. The summed E-state index contributed by atoms with van der Waals surface area (Å²) >= 11 is 1.89. The molecule has 2 aliphatic rings. The summed E-state index contributed by atoms with van der Waals surface area (Å²) in [6.07, 6.45) is 0. The molecule has 1 aliphatic carbocycles. The molecule has 0 saturated carbocycles. The highest BCUT2D eigenvalue weighted by atomic mass is 32.2. The maximum Gasteiger partial charge on any atom is 0.0991 e. The van der Waals surface area contributed by atoms with E-state index in [-0.39, 0.29) is 0 Å². The number of hydrogen-bond acceptors (Lipinski definition) is 2. The quantitative estimate of drug-likeness (QED) is 0.191. The van der Waals surface area contributed by atoms with Crippen LogP contribution in [0.4, 0.5) is 0 Å². The van der Waals surface area contributed by atoms with Gasteiger partial charge < -0.3 is 4.57 Å². The highest BCUT2D eigenvalue weighted by Gasteiger charge is 2.50. The van der Waals surface area contributed by atoms with Gasteiger partial charge in [-0.05, 0) is 80.6 Å². The first kappa shape index (κ1) is 24.8. The number of nitriles is 1. The van der Waals surface area contributed by atoms with E-state index in [0.29, 0.717) is 5.56 Å². The van der Waals surface area contributed by atoms with Crippen LogP contribution in [0.1, 0.15) is 27.8 Å². The molecule has 1 aromatic heterocycles. The molecule has 0 saturated heterocycles. The molecular weight excluding hydrogens is 565 g/mol. The van der Waals surface area contributed by atoms with Crippen LogP contribution >= 0.6 is 11.8 Å². The zero-order valence-electron chi connectivity index (χ0n) is 24.2. The van der Waals surface area contributed by atoms with E-state index in [0.717, 1.165) is 5.69 Å². The van der Waals surface area contributed by atoms with Gasteiger partial charge in [-0.25, -0.2) is 0 Å². The fourth-order valence-corrected chi connectivity index (χ4v) is 9.46. The van der Waals surface area contributed by atoms with Crippen molar-refractivity contribution in [2.45, 2.75) is 15.2 Å². The van der Waals surface area contributed by atoms with Crippen molar-refractivity contribution in [3.8, 4) is 22.9 Å². The summed E-state index contributed by atoms with van der Waals surface area (Å²) in [6.45, 7) is 0.